The van der Waals surface area contributed by atoms with Gasteiger partial charge in [-0.05, 0) is 77.2 Å². The molecule has 0 aromatic heterocycles. The summed E-state index contributed by atoms with van der Waals surface area (Å²) in [5, 5.41) is 2.56. The van der Waals surface area contributed by atoms with Gasteiger partial charge in [-0.1, -0.05) is 24.3 Å². The predicted molar refractivity (Wildman–Crippen MR) is 107 cm³/mol. The first kappa shape index (κ1) is 18.4. The van der Waals surface area contributed by atoms with Gasteiger partial charge in [-0.25, -0.2) is 13.2 Å². The first-order chi connectivity index (χ1) is 12.4. The lowest BCUT2D eigenvalue weighted by Crippen LogP contribution is -2.16. The van der Waals surface area contributed by atoms with Crippen LogP contribution in [0.4, 0.5) is 10.5 Å². The van der Waals surface area contributed by atoms with Gasteiger partial charge in [-0.3, -0.25) is 5.32 Å². The molecule has 0 saturated carbocycles. The van der Waals surface area contributed by atoms with Crippen LogP contribution in [0.5, 0.6) is 5.75 Å². The number of hydrogen-bond acceptors (Lipinski definition) is 4. The van der Waals surface area contributed by atoms with E-state index < -0.39 is 15.9 Å². The highest BCUT2D eigenvalue weighted by atomic mass is 127. The third-order valence-electron chi connectivity index (χ3n) is 3.47. The zero-order valence-corrected chi connectivity index (χ0v) is 16.4. The van der Waals surface area contributed by atoms with Gasteiger partial charge in [0.05, 0.1) is 9.79 Å². The zero-order chi connectivity index (χ0) is 18.6. The minimum absolute atomic E-state index is 0.154. The Labute approximate surface area is 165 Å². The lowest BCUT2D eigenvalue weighted by atomic mass is 10.3. The molecule has 0 aliphatic rings. The summed E-state index contributed by atoms with van der Waals surface area (Å²) in [4.78, 5) is 12.3. The molecule has 5 nitrogen and oxygen atoms in total. The highest BCUT2D eigenvalue weighted by Crippen LogP contribution is 2.23. The van der Waals surface area contributed by atoms with Crippen LogP contribution in [0.2, 0.25) is 0 Å². The molecule has 0 atom stereocenters. The Kier molecular flexibility index (Phi) is 5.58. The van der Waals surface area contributed by atoms with Crippen molar-refractivity contribution in [1.29, 1.82) is 0 Å². The van der Waals surface area contributed by atoms with Crippen molar-refractivity contribution in [2.75, 3.05) is 5.32 Å². The number of halogens is 1. The average Bonchev–Trinajstić information content (AvgIpc) is 2.63. The number of benzene rings is 3. The number of nitrogens with one attached hydrogen (secondary N) is 1. The van der Waals surface area contributed by atoms with Crippen molar-refractivity contribution in [3.63, 3.8) is 0 Å². The van der Waals surface area contributed by atoms with Crippen molar-refractivity contribution in [2.45, 2.75) is 9.79 Å². The summed E-state index contributed by atoms with van der Waals surface area (Å²) in [5.41, 5.74) is 0.438. The third-order valence-corrected chi connectivity index (χ3v) is 5.91. The van der Waals surface area contributed by atoms with Crippen LogP contribution in [0.25, 0.3) is 0 Å². The average molecular weight is 479 g/mol. The van der Waals surface area contributed by atoms with E-state index in [-0.39, 0.29) is 9.79 Å². The van der Waals surface area contributed by atoms with Crippen LogP contribution in [0.3, 0.4) is 0 Å². The van der Waals surface area contributed by atoms with E-state index in [4.69, 9.17) is 4.74 Å². The summed E-state index contributed by atoms with van der Waals surface area (Å²) in [7, 11) is -3.60. The monoisotopic (exact) mass is 479 g/mol. The molecule has 0 fully saturated rings. The van der Waals surface area contributed by atoms with E-state index >= 15 is 0 Å². The fourth-order valence-corrected chi connectivity index (χ4v) is 4.29. The van der Waals surface area contributed by atoms with Crippen molar-refractivity contribution < 1.29 is 17.9 Å². The SMILES string of the molecule is O=C(Nc1ccc(S(=O)(=O)c2cccc(I)c2)cc1)Oc1ccccc1. The maximum absolute atomic E-state index is 12.6. The van der Waals surface area contributed by atoms with Gasteiger partial charge in [-0.15, -0.1) is 0 Å². The van der Waals surface area contributed by atoms with E-state index in [1.807, 2.05) is 12.1 Å². The Morgan fingerprint density at radius 2 is 1.54 bits per heavy atom. The molecular weight excluding hydrogens is 465 g/mol. The molecule has 7 heteroatoms. The van der Waals surface area contributed by atoms with Gasteiger partial charge < -0.3 is 4.74 Å². The fourth-order valence-electron chi connectivity index (χ4n) is 2.23. The lowest BCUT2D eigenvalue weighted by molar-refractivity contribution is 0.215. The molecule has 0 heterocycles. The van der Waals surface area contributed by atoms with Crippen LogP contribution >= 0.6 is 22.6 Å². The smallest absolute Gasteiger partial charge is 0.410 e. The quantitative estimate of drug-likeness (QED) is 0.549. The molecule has 0 bridgehead atoms. The summed E-state index contributed by atoms with van der Waals surface area (Å²) < 4.78 is 31.3. The topological polar surface area (TPSA) is 72.5 Å². The van der Waals surface area contributed by atoms with Gasteiger partial charge in [-0.2, -0.15) is 0 Å². The molecule has 3 aromatic carbocycles. The van der Waals surface area contributed by atoms with Crippen molar-refractivity contribution in [3.8, 4) is 5.75 Å². The van der Waals surface area contributed by atoms with Gasteiger partial charge in [0, 0.05) is 9.26 Å². The Balaban J connectivity index is 1.73. The second-order valence-electron chi connectivity index (χ2n) is 5.31. The standard InChI is InChI=1S/C19H14INO4S/c20-14-5-4-8-18(13-14)26(23,24)17-11-9-15(10-12-17)21-19(22)25-16-6-2-1-3-7-16/h1-13H,(H,21,22). The van der Waals surface area contributed by atoms with E-state index in [2.05, 4.69) is 27.9 Å². The first-order valence-corrected chi connectivity index (χ1v) is 10.2. The molecular formula is C19H14INO4S. The molecule has 26 heavy (non-hydrogen) atoms. The van der Waals surface area contributed by atoms with Gasteiger partial charge in [0.25, 0.3) is 0 Å². The molecule has 132 valence electrons. The molecule has 0 saturated heterocycles. The molecule has 0 aliphatic heterocycles. The summed E-state index contributed by atoms with van der Waals surface area (Å²) in [6.07, 6.45) is -0.649. The molecule has 1 N–H and O–H groups in total. The van der Waals surface area contributed by atoms with Crippen molar-refractivity contribution in [2.24, 2.45) is 0 Å². The number of rotatable bonds is 4. The van der Waals surface area contributed by atoms with Gasteiger partial charge in [0.15, 0.2) is 0 Å². The van der Waals surface area contributed by atoms with E-state index in [9.17, 15) is 13.2 Å². The predicted octanol–water partition coefficient (Wildman–Crippen LogP) is 4.73. The van der Waals surface area contributed by atoms with Crippen LogP contribution in [0, 0.1) is 3.57 Å². The number of carbonyl (C=O) groups excluding carboxylic acids is 1. The summed E-state index contributed by atoms with van der Waals surface area (Å²) >= 11 is 2.07. The van der Waals surface area contributed by atoms with Crippen LogP contribution in [0.15, 0.2) is 88.7 Å². The molecule has 0 unspecified atom stereocenters. The molecule has 3 rings (SSSR count). The van der Waals surface area contributed by atoms with Crippen LogP contribution < -0.4 is 10.1 Å². The second-order valence-corrected chi connectivity index (χ2v) is 8.51. The van der Waals surface area contributed by atoms with Gasteiger partial charge in [0.2, 0.25) is 9.84 Å². The normalized spacial score (nSPS) is 11.0. The second kappa shape index (κ2) is 7.88. The number of carbonyl (C=O) groups is 1. The molecule has 3 aromatic rings. The Morgan fingerprint density at radius 1 is 0.846 bits per heavy atom. The van der Waals surface area contributed by atoms with Crippen molar-refractivity contribution in [3.05, 3.63) is 82.4 Å². The molecule has 0 spiro atoms. The summed E-state index contributed by atoms with van der Waals surface area (Å²) in [6.45, 7) is 0. The molecule has 0 radical (unpaired) electrons. The van der Waals surface area contributed by atoms with Crippen molar-refractivity contribution in [1.82, 2.24) is 0 Å². The number of ether oxygens (including phenoxy) is 1. The Morgan fingerprint density at radius 3 is 2.19 bits per heavy atom. The molecule has 0 aliphatic carbocycles. The number of para-hydroxylation sites is 1. The Hall–Kier alpha value is -2.39. The summed E-state index contributed by atoms with van der Waals surface area (Å²) in [5.74, 6) is 0.419. The summed E-state index contributed by atoms with van der Waals surface area (Å²) in [6, 6.07) is 21.3. The van der Waals surface area contributed by atoms with Crippen molar-refractivity contribution >= 4 is 44.2 Å². The number of sulfone groups is 1. The van der Waals surface area contributed by atoms with E-state index in [0.717, 1.165) is 3.57 Å². The minimum Gasteiger partial charge on any atom is -0.410 e. The van der Waals surface area contributed by atoms with Crippen LogP contribution in [0.1, 0.15) is 0 Å². The Bertz CT molecular complexity index is 1020. The van der Waals surface area contributed by atoms with Crippen LogP contribution in [-0.2, 0) is 9.84 Å². The number of hydrogen-bond donors (Lipinski definition) is 1. The number of anilines is 1. The van der Waals surface area contributed by atoms with E-state index in [1.54, 1.807) is 42.5 Å². The molecule has 1 amide bonds. The maximum Gasteiger partial charge on any atom is 0.417 e. The van der Waals surface area contributed by atoms with Gasteiger partial charge in [0.1, 0.15) is 5.75 Å². The van der Waals surface area contributed by atoms with Gasteiger partial charge >= 0.3 is 6.09 Å². The third kappa shape index (κ3) is 4.41. The lowest BCUT2D eigenvalue weighted by Gasteiger charge is -2.08. The fraction of sp³-hybridized carbons (Fsp3) is 0. The largest absolute Gasteiger partial charge is 0.417 e. The van der Waals surface area contributed by atoms with E-state index in [1.165, 1.54) is 24.3 Å². The number of amides is 1. The highest BCUT2D eigenvalue weighted by Gasteiger charge is 2.18. The van der Waals surface area contributed by atoms with Crippen LogP contribution in [-0.4, -0.2) is 14.5 Å². The zero-order valence-electron chi connectivity index (χ0n) is 13.4. The van der Waals surface area contributed by atoms with E-state index in [0.29, 0.717) is 11.4 Å². The maximum atomic E-state index is 12.6. The minimum atomic E-state index is -3.60. The highest BCUT2D eigenvalue weighted by molar-refractivity contribution is 14.1. The first-order valence-electron chi connectivity index (χ1n) is 7.60.